The lowest BCUT2D eigenvalue weighted by Gasteiger charge is -2.16. The molecule has 0 spiro atoms. The Morgan fingerprint density at radius 1 is 1.19 bits per heavy atom. The molecule has 3 aliphatic rings. The van der Waals surface area contributed by atoms with Crippen LogP contribution in [0.1, 0.15) is 29.7 Å². The molecule has 6 heteroatoms. The molecule has 0 radical (unpaired) electrons. The number of rotatable bonds is 5. The zero-order chi connectivity index (χ0) is 18.2. The highest BCUT2D eigenvalue weighted by molar-refractivity contribution is 5.91. The molecule has 1 aromatic carbocycles. The van der Waals surface area contributed by atoms with Crippen LogP contribution < -0.4 is 5.32 Å². The summed E-state index contributed by atoms with van der Waals surface area (Å²) in [5, 5.41) is 2.97. The number of hydrogen-bond acceptors (Lipinski definition) is 5. The molecule has 27 heavy (non-hydrogen) atoms. The average Bonchev–Trinajstić information content (AvgIpc) is 3.27. The summed E-state index contributed by atoms with van der Waals surface area (Å²) in [7, 11) is 0. The molecular formula is C21H24N4O2. The van der Waals surface area contributed by atoms with Crippen molar-refractivity contribution in [3.63, 3.8) is 0 Å². The number of fused-ring (bicyclic) bond motifs is 1. The highest BCUT2D eigenvalue weighted by Gasteiger charge is 2.45. The first kappa shape index (κ1) is 16.8. The van der Waals surface area contributed by atoms with E-state index in [1.807, 2.05) is 6.07 Å². The standard InChI is InChI=1S/C21H24N4O2/c26-20(24-21-22-8-16-12-27-13-19(16)23-21)18-11-25(10-17(18)15-6-7-15)9-14-4-2-1-3-5-14/h1-5,8,15,17-18H,6-7,9-13H2,(H,22,23,24,26)/t17-,18+/m0/s1. The molecule has 2 atom stereocenters. The van der Waals surface area contributed by atoms with Crippen molar-refractivity contribution in [1.82, 2.24) is 14.9 Å². The van der Waals surface area contributed by atoms with Gasteiger partial charge in [0.15, 0.2) is 0 Å². The zero-order valence-corrected chi connectivity index (χ0v) is 15.3. The molecule has 0 unspecified atom stereocenters. The Hall–Kier alpha value is -2.31. The average molecular weight is 364 g/mol. The van der Waals surface area contributed by atoms with Crippen LogP contribution in [-0.4, -0.2) is 33.9 Å². The summed E-state index contributed by atoms with van der Waals surface area (Å²) in [5.41, 5.74) is 3.20. The van der Waals surface area contributed by atoms with Crippen molar-refractivity contribution in [1.29, 1.82) is 0 Å². The fourth-order valence-corrected chi connectivity index (χ4v) is 4.37. The van der Waals surface area contributed by atoms with Gasteiger partial charge in [-0.15, -0.1) is 0 Å². The first-order valence-corrected chi connectivity index (χ1v) is 9.76. The molecule has 2 fully saturated rings. The summed E-state index contributed by atoms with van der Waals surface area (Å²) in [6, 6.07) is 10.5. The fourth-order valence-electron chi connectivity index (χ4n) is 4.37. The van der Waals surface area contributed by atoms with Crippen LogP contribution >= 0.6 is 0 Å². The van der Waals surface area contributed by atoms with Gasteiger partial charge in [0, 0.05) is 31.4 Å². The van der Waals surface area contributed by atoms with Crippen LogP contribution in [0.3, 0.4) is 0 Å². The Morgan fingerprint density at radius 2 is 2.04 bits per heavy atom. The second-order valence-corrected chi connectivity index (χ2v) is 7.94. The quantitative estimate of drug-likeness (QED) is 0.883. The van der Waals surface area contributed by atoms with Gasteiger partial charge in [-0.2, -0.15) is 0 Å². The number of nitrogens with zero attached hydrogens (tertiary/aromatic N) is 3. The highest BCUT2D eigenvalue weighted by Crippen LogP contribution is 2.44. The van der Waals surface area contributed by atoms with E-state index in [4.69, 9.17) is 4.74 Å². The molecule has 1 aromatic heterocycles. The molecule has 2 aliphatic heterocycles. The molecule has 1 aliphatic carbocycles. The first-order chi connectivity index (χ1) is 13.3. The van der Waals surface area contributed by atoms with Crippen LogP contribution in [0.15, 0.2) is 36.5 Å². The number of anilines is 1. The van der Waals surface area contributed by atoms with Crippen LogP contribution in [0.2, 0.25) is 0 Å². The predicted molar refractivity (Wildman–Crippen MR) is 101 cm³/mol. The van der Waals surface area contributed by atoms with Gasteiger partial charge in [-0.05, 0) is 30.2 Å². The molecular weight excluding hydrogens is 340 g/mol. The van der Waals surface area contributed by atoms with Crippen LogP contribution in [0.25, 0.3) is 0 Å². The smallest absolute Gasteiger partial charge is 0.231 e. The second-order valence-electron chi connectivity index (χ2n) is 7.94. The summed E-state index contributed by atoms with van der Waals surface area (Å²) >= 11 is 0. The van der Waals surface area contributed by atoms with E-state index in [1.165, 1.54) is 18.4 Å². The van der Waals surface area contributed by atoms with Crippen molar-refractivity contribution in [2.45, 2.75) is 32.6 Å². The summed E-state index contributed by atoms with van der Waals surface area (Å²) < 4.78 is 5.38. The minimum atomic E-state index is 0.00863. The van der Waals surface area contributed by atoms with Crippen molar-refractivity contribution in [3.8, 4) is 0 Å². The minimum Gasteiger partial charge on any atom is -0.370 e. The number of carbonyl (C=O) groups is 1. The molecule has 2 aromatic rings. The third-order valence-electron chi connectivity index (χ3n) is 5.94. The summed E-state index contributed by atoms with van der Waals surface area (Å²) in [6.07, 6.45) is 4.26. The highest BCUT2D eigenvalue weighted by atomic mass is 16.5. The Labute approximate surface area is 159 Å². The van der Waals surface area contributed by atoms with Crippen LogP contribution in [-0.2, 0) is 29.3 Å². The zero-order valence-electron chi connectivity index (χ0n) is 15.3. The number of carbonyl (C=O) groups excluding carboxylic acids is 1. The molecule has 6 nitrogen and oxygen atoms in total. The monoisotopic (exact) mass is 364 g/mol. The number of likely N-dealkylation sites (tertiary alicyclic amines) is 1. The van der Waals surface area contributed by atoms with Gasteiger partial charge in [-0.1, -0.05) is 30.3 Å². The number of hydrogen-bond donors (Lipinski definition) is 1. The maximum atomic E-state index is 13.0. The van der Waals surface area contributed by atoms with Gasteiger partial charge in [-0.25, -0.2) is 9.97 Å². The lowest BCUT2D eigenvalue weighted by Crippen LogP contribution is -2.30. The van der Waals surface area contributed by atoms with Gasteiger partial charge in [-0.3, -0.25) is 15.0 Å². The fraction of sp³-hybridized carbons (Fsp3) is 0.476. The van der Waals surface area contributed by atoms with Gasteiger partial charge < -0.3 is 4.74 Å². The largest absolute Gasteiger partial charge is 0.370 e. The van der Waals surface area contributed by atoms with Gasteiger partial charge >= 0.3 is 0 Å². The summed E-state index contributed by atoms with van der Waals surface area (Å²) in [5.74, 6) is 1.60. The lowest BCUT2D eigenvalue weighted by molar-refractivity contribution is -0.120. The minimum absolute atomic E-state index is 0.00863. The first-order valence-electron chi connectivity index (χ1n) is 9.76. The Kier molecular flexibility index (Phi) is 4.38. The van der Waals surface area contributed by atoms with Crippen LogP contribution in [0.5, 0.6) is 0 Å². The van der Waals surface area contributed by atoms with Gasteiger partial charge in [0.1, 0.15) is 0 Å². The van der Waals surface area contributed by atoms with Crippen molar-refractivity contribution in [3.05, 3.63) is 53.3 Å². The van der Waals surface area contributed by atoms with Gasteiger partial charge in [0.2, 0.25) is 11.9 Å². The number of amides is 1. The van der Waals surface area contributed by atoms with Crippen molar-refractivity contribution >= 4 is 11.9 Å². The van der Waals surface area contributed by atoms with E-state index < -0.39 is 0 Å². The lowest BCUT2D eigenvalue weighted by atomic mass is 9.91. The normalized spacial score (nSPS) is 24.7. The predicted octanol–water partition coefficient (Wildman–Crippen LogP) is 2.60. The van der Waals surface area contributed by atoms with E-state index in [0.717, 1.165) is 30.9 Å². The number of ether oxygens (including phenoxy) is 1. The van der Waals surface area contributed by atoms with E-state index in [1.54, 1.807) is 6.20 Å². The Bertz CT molecular complexity index is 837. The van der Waals surface area contributed by atoms with Crippen molar-refractivity contribution in [2.24, 2.45) is 17.8 Å². The maximum Gasteiger partial charge on any atom is 0.231 e. The molecule has 3 heterocycles. The summed E-state index contributed by atoms with van der Waals surface area (Å²) in [4.78, 5) is 24.2. The second kappa shape index (κ2) is 7.02. The molecule has 1 N–H and O–H groups in total. The Balaban J connectivity index is 1.28. The number of aromatic nitrogens is 2. The SMILES string of the molecule is O=C(Nc1ncc2c(n1)COC2)[C@@H]1CN(Cc2ccccc2)C[C@H]1C1CC1. The third kappa shape index (κ3) is 3.59. The topological polar surface area (TPSA) is 67.3 Å². The van der Waals surface area contributed by atoms with E-state index in [9.17, 15) is 4.79 Å². The van der Waals surface area contributed by atoms with Crippen molar-refractivity contribution < 1.29 is 9.53 Å². The van der Waals surface area contributed by atoms with Gasteiger partial charge in [0.05, 0.1) is 24.8 Å². The number of nitrogens with one attached hydrogen (secondary N) is 1. The van der Waals surface area contributed by atoms with Crippen LogP contribution in [0, 0.1) is 17.8 Å². The van der Waals surface area contributed by atoms with E-state index in [2.05, 4.69) is 44.5 Å². The maximum absolute atomic E-state index is 13.0. The number of benzene rings is 1. The molecule has 1 saturated heterocycles. The molecule has 0 bridgehead atoms. The van der Waals surface area contributed by atoms with E-state index >= 15 is 0 Å². The van der Waals surface area contributed by atoms with Gasteiger partial charge in [0.25, 0.3) is 0 Å². The van der Waals surface area contributed by atoms with Crippen molar-refractivity contribution in [2.75, 3.05) is 18.4 Å². The molecule has 1 saturated carbocycles. The van der Waals surface area contributed by atoms with Crippen LogP contribution in [0.4, 0.5) is 5.95 Å². The van der Waals surface area contributed by atoms with E-state index in [-0.39, 0.29) is 11.8 Å². The molecule has 5 rings (SSSR count). The Morgan fingerprint density at radius 3 is 2.85 bits per heavy atom. The molecule has 140 valence electrons. The summed E-state index contributed by atoms with van der Waals surface area (Å²) in [6.45, 7) is 3.76. The van der Waals surface area contributed by atoms with E-state index in [0.29, 0.717) is 31.0 Å². The third-order valence-corrected chi connectivity index (χ3v) is 5.94. The molecule has 1 amide bonds.